The van der Waals surface area contributed by atoms with Gasteiger partial charge in [0.15, 0.2) is 9.84 Å². The number of carbonyl (C=O) groups excluding carboxylic acids is 1. The second-order valence-corrected chi connectivity index (χ2v) is 10.1. The lowest BCUT2D eigenvalue weighted by Crippen LogP contribution is -2.24. The molecule has 0 aliphatic rings. The number of esters is 1. The molecular weight excluding hydrogens is 501 g/mol. The minimum atomic E-state index is -4.45. The minimum Gasteiger partial charge on any atom is -0.493 e. The summed E-state index contributed by atoms with van der Waals surface area (Å²) in [6.45, 7) is 5.82. The van der Waals surface area contributed by atoms with Crippen LogP contribution in [0.15, 0.2) is 47.4 Å². The number of halogens is 3. The zero-order valence-corrected chi connectivity index (χ0v) is 21.3. The van der Waals surface area contributed by atoms with Gasteiger partial charge in [-0.25, -0.2) is 8.42 Å². The average molecular weight is 533 g/mol. The highest BCUT2D eigenvalue weighted by molar-refractivity contribution is 7.91. The summed E-state index contributed by atoms with van der Waals surface area (Å²) in [5.74, 6) is -0.415. The maximum Gasteiger partial charge on any atom is 0.416 e. The number of rotatable bonds is 14. The number of carbonyl (C=O) groups is 1. The summed E-state index contributed by atoms with van der Waals surface area (Å²) >= 11 is 0. The molecule has 0 aliphatic carbocycles. The summed E-state index contributed by atoms with van der Waals surface area (Å²) in [4.78, 5) is 10.9. The Kier molecular flexibility index (Phi) is 11.0. The summed E-state index contributed by atoms with van der Waals surface area (Å²) in [6.07, 6.45) is -4.06. The normalized spacial score (nSPS) is 12.7. The van der Waals surface area contributed by atoms with E-state index in [1.165, 1.54) is 31.2 Å². The number of alkyl halides is 3. The van der Waals surface area contributed by atoms with E-state index in [0.29, 0.717) is 30.9 Å². The lowest BCUT2D eigenvalue weighted by molar-refractivity contribution is -0.141. The van der Waals surface area contributed by atoms with Crippen molar-refractivity contribution in [2.24, 2.45) is 5.92 Å². The van der Waals surface area contributed by atoms with Crippen LogP contribution in [0.4, 0.5) is 13.2 Å². The fourth-order valence-corrected chi connectivity index (χ4v) is 4.99. The number of ether oxygens (including phenoxy) is 4. The van der Waals surface area contributed by atoms with Crippen molar-refractivity contribution >= 4 is 15.8 Å². The third kappa shape index (κ3) is 9.69. The van der Waals surface area contributed by atoms with Gasteiger partial charge >= 0.3 is 12.1 Å². The third-order valence-corrected chi connectivity index (χ3v) is 7.03. The van der Waals surface area contributed by atoms with Crippen LogP contribution >= 0.6 is 0 Å². The first-order valence-corrected chi connectivity index (χ1v) is 13.0. The van der Waals surface area contributed by atoms with E-state index in [1.807, 2.05) is 6.92 Å². The first kappa shape index (κ1) is 29.4. The van der Waals surface area contributed by atoms with Gasteiger partial charge in [0, 0.05) is 26.1 Å². The number of sulfone groups is 1. The van der Waals surface area contributed by atoms with E-state index in [0.717, 1.165) is 12.1 Å². The molecule has 2 rings (SSSR count). The standard InChI is InChI=1S/C25H31F3O7S/c1-4-32-12-11-20(16-35-22-7-5-21(6-8-22)25(26,27)28)17-36(30,31)23-9-10-24(18(2)15-23)34-14-13-33-19(3)29/h5-10,15,20H,4,11-14,16-17H2,1-3H3. The van der Waals surface area contributed by atoms with Crippen LogP contribution in [0.1, 0.15) is 31.4 Å². The maximum atomic E-state index is 13.1. The Balaban J connectivity index is 2.06. The average Bonchev–Trinajstić information content (AvgIpc) is 2.80. The van der Waals surface area contributed by atoms with Crippen molar-refractivity contribution in [3.63, 3.8) is 0 Å². The molecule has 0 aliphatic heterocycles. The first-order chi connectivity index (χ1) is 16.9. The lowest BCUT2D eigenvalue weighted by atomic mass is 10.1. The molecule has 2 aromatic carbocycles. The Labute approximate surface area is 209 Å². The molecule has 0 saturated carbocycles. The van der Waals surface area contributed by atoms with Crippen LogP contribution < -0.4 is 9.47 Å². The Hall–Kier alpha value is -2.79. The molecule has 0 amide bonds. The monoisotopic (exact) mass is 532 g/mol. The third-order valence-electron chi connectivity index (χ3n) is 5.15. The molecule has 0 bridgehead atoms. The van der Waals surface area contributed by atoms with Gasteiger partial charge in [-0.2, -0.15) is 13.2 Å². The van der Waals surface area contributed by atoms with Crippen LogP contribution in [0.5, 0.6) is 11.5 Å². The summed E-state index contributed by atoms with van der Waals surface area (Å²) in [5.41, 5.74) is -0.190. The van der Waals surface area contributed by atoms with E-state index in [-0.39, 0.29) is 36.2 Å². The topological polar surface area (TPSA) is 88.1 Å². The van der Waals surface area contributed by atoms with Crippen molar-refractivity contribution < 1.29 is 45.3 Å². The highest BCUT2D eigenvalue weighted by Crippen LogP contribution is 2.30. The van der Waals surface area contributed by atoms with E-state index in [2.05, 4.69) is 0 Å². The van der Waals surface area contributed by atoms with Gasteiger partial charge in [0.1, 0.15) is 24.7 Å². The Morgan fingerprint density at radius 2 is 1.69 bits per heavy atom. The number of aryl methyl sites for hydroxylation is 1. The SMILES string of the molecule is CCOCCC(COc1ccc(C(F)(F)F)cc1)CS(=O)(=O)c1ccc(OCCOC(C)=O)c(C)c1. The van der Waals surface area contributed by atoms with E-state index >= 15 is 0 Å². The molecule has 1 atom stereocenters. The largest absolute Gasteiger partial charge is 0.493 e. The molecule has 0 radical (unpaired) electrons. The van der Waals surface area contributed by atoms with E-state index in [1.54, 1.807) is 13.0 Å². The van der Waals surface area contributed by atoms with Crippen LogP contribution in [-0.2, 0) is 30.3 Å². The predicted octanol–water partition coefficient (Wildman–Crippen LogP) is 4.85. The highest BCUT2D eigenvalue weighted by Gasteiger charge is 2.30. The molecule has 7 nitrogen and oxygen atoms in total. The molecule has 0 aromatic heterocycles. The fraction of sp³-hybridized carbons (Fsp3) is 0.480. The van der Waals surface area contributed by atoms with Crippen LogP contribution in [0, 0.1) is 12.8 Å². The van der Waals surface area contributed by atoms with Crippen molar-refractivity contribution in [3.05, 3.63) is 53.6 Å². The molecule has 0 heterocycles. The van der Waals surface area contributed by atoms with Crippen LogP contribution in [0.3, 0.4) is 0 Å². The van der Waals surface area contributed by atoms with Crippen molar-refractivity contribution in [2.75, 3.05) is 38.8 Å². The van der Waals surface area contributed by atoms with Crippen molar-refractivity contribution in [1.29, 1.82) is 0 Å². The van der Waals surface area contributed by atoms with Gasteiger partial charge in [0.25, 0.3) is 0 Å². The predicted molar refractivity (Wildman–Crippen MR) is 127 cm³/mol. The maximum absolute atomic E-state index is 13.1. The molecular formula is C25H31F3O7S. The van der Waals surface area contributed by atoms with Crippen molar-refractivity contribution in [3.8, 4) is 11.5 Å². The molecule has 0 spiro atoms. The minimum absolute atomic E-state index is 0.00596. The van der Waals surface area contributed by atoms with E-state index < -0.39 is 33.5 Å². The number of hydrogen-bond donors (Lipinski definition) is 0. The molecule has 36 heavy (non-hydrogen) atoms. The van der Waals surface area contributed by atoms with E-state index in [9.17, 15) is 26.4 Å². The molecule has 1 unspecified atom stereocenters. The van der Waals surface area contributed by atoms with Gasteiger partial charge in [-0.3, -0.25) is 4.79 Å². The van der Waals surface area contributed by atoms with Crippen LogP contribution in [0.25, 0.3) is 0 Å². The lowest BCUT2D eigenvalue weighted by Gasteiger charge is -2.19. The molecule has 11 heteroatoms. The van der Waals surface area contributed by atoms with Gasteiger partial charge in [-0.1, -0.05) is 0 Å². The summed E-state index contributed by atoms with van der Waals surface area (Å²) in [6, 6.07) is 8.75. The quantitative estimate of drug-likeness (QED) is 0.254. The Morgan fingerprint density at radius 1 is 1.00 bits per heavy atom. The molecule has 0 fully saturated rings. The van der Waals surface area contributed by atoms with Gasteiger partial charge in [0.2, 0.25) is 0 Å². The molecule has 2 aromatic rings. The van der Waals surface area contributed by atoms with Gasteiger partial charge in [-0.15, -0.1) is 0 Å². The zero-order valence-electron chi connectivity index (χ0n) is 20.5. The number of benzene rings is 2. The smallest absolute Gasteiger partial charge is 0.416 e. The second kappa shape index (κ2) is 13.5. The van der Waals surface area contributed by atoms with Crippen LogP contribution in [-0.4, -0.2) is 53.2 Å². The van der Waals surface area contributed by atoms with Gasteiger partial charge < -0.3 is 18.9 Å². The van der Waals surface area contributed by atoms with Crippen molar-refractivity contribution in [1.82, 2.24) is 0 Å². The zero-order chi connectivity index (χ0) is 26.8. The summed E-state index contributed by atoms with van der Waals surface area (Å²) in [5, 5.41) is 0. The summed E-state index contributed by atoms with van der Waals surface area (Å²) in [7, 11) is -3.71. The Morgan fingerprint density at radius 3 is 2.28 bits per heavy atom. The number of hydrogen-bond acceptors (Lipinski definition) is 7. The fourth-order valence-electron chi connectivity index (χ4n) is 3.28. The van der Waals surface area contributed by atoms with Gasteiger partial charge in [-0.05, 0) is 68.3 Å². The highest BCUT2D eigenvalue weighted by atomic mass is 32.2. The Bertz CT molecular complexity index is 1080. The summed E-state index contributed by atoms with van der Waals surface area (Å²) < 4.78 is 85.9. The van der Waals surface area contributed by atoms with Crippen molar-refractivity contribution in [2.45, 2.75) is 38.3 Å². The first-order valence-electron chi connectivity index (χ1n) is 11.4. The van der Waals surface area contributed by atoms with Gasteiger partial charge in [0.05, 0.1) is 22.8 Å². The second-order valence-electron chi connectivity index (χ2n) is 8.08. The van der Waals surface area contributed by atoms with Crippen LogP contribution in [0.2, 0.25) is 0 Å². The van der Waals surface area contributed by atoms with E-state index in [4.69, 9.17) is 18.9 Å². The molecule has 0 N–H and O–H groups in total. The molecule has 200 valence electrons. The molecule has 0 saturated heterocycles.